The summed E-state index contributed by atoms with van der Waals surface area (Å²) in [5.74, 6) is 0. The third kappa shape index (κ3) is 3.11. The Labute approximate surface area is 123 Å². The van der Waals surface area contributed by atoms with Gasteiger partial charge in [-0.2, -0.15) is 0 Å². The molecule has 0 amide bonds. The Morgan fingerprint density at radius 3 is 3.10 bits per heavy atom. The molecule has 2 aromatic rings. The van der Waals surface area contributed by atoms with E-state index in [0.717, 1.165) is 54.2 Å². The number of anilines is 1. The summed E-state index contributed by atoms with van der Waals surface area (Å²) in [6.07, 6.45) is 6.11. The number of halogens is 1. The van der Waals surface area contributed by atoms with Gasteiger partial charge in [-0.25, -0.2) is 0 Å². The van der Waals surface area contributed by atoms with Crippen LogP contribution in [0.3, 0.4) is 0 Å². The van der Waals surface area contributed by atoms with Crippen molar-refractivity contribution in [3.63, 3.8) is 0 Å². The zero-order valence-corrected chi connectivity index (χ0v) is 12.0. The van der Waals surface area contributed by atoms with Crippen molar-refractivity contribution in [1.29, 1.82) is 0 Å². The quantitative estimate of drug-likeness (QED) is 0.862. The number of benzene rings is 1. The molecule has 1 aromatic carbocycles. The molecule has 1 aliphatic heterocycles. The zero-order valence-electron chi connectivity index (χ0n) is 11.2. The SMILES string of the molecule is Clc1ccc2c(NCCC3=CCOCC3)ccnc2c1. The minimum absolute atomic E-state index is 0.717. The van der Waals surface area contributed by atoms with E-state index in [2.05, 4.69) is 16.4 Å². The summed E-state index contributed by atoms with van der Waals surface area (Å²) in [5.41, 5.74) is 3.51. The Morgan fingerprint density at radius 2 is 2.25 bits per heavy atom. The van der Waals surface area contributed by atoms with E-state index in [-0.39, 0.29) is 0 Å². The van der Waals surface area contributed by atoms with Crippen molar-refractivity contribution < 1.29 is 4.74 Å². The van der Waals surface area contributed by atoms with Crippen LogP contribution in [0.25, 0.3) is 10.9 Å². The number of hydrogen-bond donors (Lipinski definition) is 1. The second-order valence-corrected chi connectivity index (χ2v) is 5.32. The first kappa shape index (κ1) is 13.4. The Morgan fingerprint density at radius 1 is 1.30 bits per heavy atom. The van der Waals surface area contributed by atoms with Crippen LogP contribution >= 0.6 is 11.6 Å². The van der Waals surface area contributed by atoms with Gasteiger partial charge in [-0.3, -0.25) is 4.98 Å². The molecule has 2 heterocycles. The van der Waals surface area contributed by atoms with Crippen LogP contribution in [0.15, 0.2) is 42.1 Å². The fourth-order valence-corrected chi connectivity index (χ4v) is 2.59. The first-order chi connectivity index (χ1) is 9.83. The molecule has 0 aliphatic carbocycles. The average Bonchev–Trinajstić information content (AvgIpc) is 2.48. The molecule has 0 bridgehead atoms. The topological polar surface area (TPSA) is 34.1 Å². The zero-order chi connectivity index (χ0) is 13.8. The van der Waals surface area contributed by atoms with Crippen LogP contribution in [0.5, 0.6) is 0 Å². The summed E-state index contributed by atoms with van der Waals surface area (Å²) >= 11 is 6.00. The second-order valence-electron chi connectivity index (χ2n) is 4.88. The van der Waals surface area contributed by atoms with Crippen molar-refractivity contribution in [2.45, 2.75) is 12.8 Å². The van der Waals surface area contributed by atoms with E-state index in [1.54, 1.807) is 0 Å². The highest BCUT2D eigenvalue weighted by Gasteiger charge is 2.05. The number of hydrogen-bond acceptors (Lipinski definition) is 3. The minimum Gasteiger partial charge on any atom is -0.384 e. The lowest BCUT2D eigenvalue weighted by Crippen LogP contribution is -2.09. The van der Waals surface area contributed by atoms with E-state index in [1.165, 1.54) is 5.57 Å². The Balaban J connectivity index is 1.69. The molecule has 0 saturated carbocycles. The third-order valence-electron chi connectivity index (χ3n) is 3.52. The van der Waals surface area contributed by atoms with Gasteiger partial charge >= 0.3 is 0 Å². The molecule has 0 atom stereocenters. The van der Waals surface area contributed by atoms with Crippen molar-refractivity contribution >= 4 is 28.2 Å². The summed E-state index contributed by atoms with van der Waals surface area (Å²) in [6, 6.07) is 7.82. The van der Waals surface area contributed by atoms with Crippen molar-refractivity contribution in [3.05, 3.63) is 47.1 Å². The van der Waals surface area contributed by atoms with Crippen LogP contribution in [0.4, 0.5) is 5.69 Å². The number of nitrogens with one attached hydrogen (secondary N) is 1. The predicted octanol–water partition coefficient (Wildman–Crippen LogP) is 4.04. The van der Waals surface area contributed by atoms with E-state index in [9.17, 15) is 0 Å². The van der Waals surface area contributed by atoms with Crippen molar-refractivity contribution in [2.75, 3.05) is 25.1 Å². The van der Waals surface area contributed by atoms with Crippen molar-refractivity contribution in [2.24, 2.45) is 0 Å². The first-order valence-electron chi connectivity index (χ1n) is 6.87. The number of ether oxygens (including phenoxy) is 1. The Bertz CT molecular complexity index is 639. The lowest BCUT2D eigenvalue weighted by atomic mass is 10.1. The summed E-state index contributed by atoms with van der Waals surface area (Å²) < 4.78 is 5.32. The number of pyridine rings is 1. The molecule has 0 fully saturated rings. The van der Waals surface area contributed by atoms with Gasteiger partial charge in [0.15, 0.2) is 0 Å². The molecule has 3 nitrogen and oxygen atoms in total. The van der Waals surface area contributed by atoms with Crippen molar-refractivity contribution in [3.8, 4) is 0 Å². The highest BCUT2D eigenvalue weighted by atomic mass is 35.5. The number of rotatable bonds is 4. The molecule has 0 spiro atoms. The van der Waals surface area contributed by atoms with Crippen LogP contribution in [-0.4, -0.2) is 24.7 Å². The van der Waals surface area contributed by atoms with Crippen molar-refractivity contribution in [1.82, 2.24) is 4.98 Å². The molecule has 0 saturated heterocycles. The van der Waals surface area contributed by atoms with E-state index in [1.807, 2.05) is 30.5 Å². The average molecular weight is 289 g/mol. The largest absolute Gasteiger partial charge is 0.384 e. The molecule has 1 N–H and O–H groups in total. The summed E-state index contributed by atoms with van der Waals surface area (Å²) in [4.78, 5) is 4.35. The lowest BCUT2D eigenvalue weighted by Gasteiger charge is -2.14. The van der Waals surface area contributed by atoms with Crippen LogP contribution in [0.1, 0.15) is 12.8 Å². The monoisotopic (exact) mass is 288 g/mol. The highest BCUT2D eigenvalue weighted by molar-refractivity contribution is 6.31. The maximum absolute atomic E-state index is 6.00. The first-order valence-corrected chi connectivity index (χ1v) is 7.24. The molecule has 4 heteroatoms. The van der Waals surface area contributed by atoms with E-state index < -0.39 is 0 Å². The van der Waals surface area contributed by atoms with Crippen LogP contribution in [0.2, 0.25) is 5.02 Å². The molecular weight excluding hydrogens is 272 g/mol. The maximum Gasteiger partial charge on any atom is 0.0737 e. The smallest absolute Gasteiger partial charge is 0.0737 e. The normalized spacial score (nSPS) is 15.2. The van der Waals surface area contributed by atoms with Gasteiger partial charge in [-0.1, -0.05) is 23.3 Å². The van der Waals surface area contributed by atoms with Gasteiger partial charge in [-0.05, 0) is 37.1 Å². The third-order valence-corrected chi connectivity index (χ3v) is 3.76. The number of nitrogens with zero attached hydrogens (tertiary/aromatic N) is 1. The Kier molecular flexibility index (Phi) is 4.19. The van der Waals surface area contributed by atoms with Gasteiger partial charge in [0.1, 0.15) is 0 Å². The molecule has 1 aliphatic rings. The molecule has 20 heavy (non-hydrogen) atoms. The van der Waals surface area contributed by atoms with Gasteiger partial charge in [0.2, 0.25) is 0 Å². The minimum atomic E-state index is 0.717. The fraction of sp³-hybridized carbons (Fsp3) is 0.312. The highest BCUT2D eigenvalue weighted by Crippen LogP contribution is 2.24. The molecular formula is C16H17ClN2O. The van der Waals surface area contributed by atoms with E-state index in [4.69, 9.17) is 16.3 Å². The summed E-state index contributed by atoms with van der Waals surface area (Å²) in [5, 5.41) is 5.32. The van der Waals surface area contributed by atoms with Crippen LogP contribution in [-0.2, 0) is 4.74 Å². The summed E-state index contributed by atoms with van der Waals surface area (Å²) in [6.45, 7) is 2.53. The molecule has 3 rings (SSSR count). The molecule has 0 radical (unpaired) electrons. The van der Waals surface area contributed by atoms with Gasteiger partial charge in [0.25, 0.3) is 0 Å². The predicted molar refractivity (Wildman–Crippen MR) is 83.4 cm³/mol. The van der Waals surface area contributed by atoms with Gasteiger partial charge < -0.3 is 10.1 Å². The van der Waals surface area contributed by atoms with Gasteiger partial charge in [-0.15, -0.1) is 0 Å². The molecule has 0 unspecified atom stereocenters. The molecule has 104 valence electrons. The second kappa shape index (κ2) is 6.25. The van der Waals surface area contributed by atoms with E-state index >= 15 is 0 Å². The number of aromatic nitrogens is 1. The lowest BCUT2D eigenvalue weighted by molar-refractivity contribution is 0.153. The standard InChI is InChI=1S/C16H17ClN2O/c17-13-1-2-14-15(4-8-19-16(14)11-13)18-7-3-12-5-9-20-10-6-12/h1-2,4-5,8,11H,3,6-7,9-10H2,(H,18,19). The maximum atomic E-state index is 6.00. The number of fused-ring (bicyclic) bond motifs is 1. The van der Waals surface area contributed by atoms with Gasteiger partial charge in [0, 0.05) is 28.8 Å². The fourth-order valence-electron chi connectivity index (χ4n) is 2.43. The van der Waals surface area contributed by atoms with Gasteiger partial charge in [0.05, 0.1) is 18.7 Å². The Hall–Kier alpha value is -1.58. The van der Waals surface area contributed by atoms with Crippen LogP contribution < -0.4 is 5.32 Å². The van der Waals surface area contributed by atoms with Crippen LogP contribution in [0, 0.1) is 0 Å². The molecule has 1 aromatic heterocycles. The summed E-state index contributed by atoms with van der Waals surface area (Å²) in [7, 11) is 0. The van der Waals surface area contributed by atoms with E-state index in [0.29, 0.717) is 0 Å².